The van der Waals surface area contributed by atoms with Crippen molar-refractivity contribution >= 4 is 0 Å². The lowest BCUT2D eigenvalue weighted by atomic mass is 10.0. The number of nitrogens with zero attached hydrogens (tertiary/aromatic N) is 2. The Kier molecular flexibility index (Phi) is 16.7. The largest absolute Gasteiger partial charge is 0.492 e. The summed E-state index contributed by atoms with van der Waals surface area (Å²) in [4.78, 5) is 0. The molecule has 282 valence electrons. The number of ether oxygens (including phenoxy) is 2. The minimum absolute atomic E-state index is 0.613. The minimum Gasteiger partial charge on any atom is -0.492 e. The van der Waals surface area contributed by atoms with Crippen LogP contribution < -0.4 is 9.47 Å². The summed E-state index contributed by atoms with van der Waals surface area (Å²) in [6, 6.07) is 40.0. The Morgan fingerprint density at radius 2 is 0.679 bits per heavy atom. The Morgan fingerprint density at radius 3 is 1.00 bits per heavy atom. The first-order valence-electron chi connectivity index (χ1n) is 20.3. The summed E-state index contributed by atoms with van der Waals surface area (Å²) in [5.74, 6) is 15.0. The van der Waals surface area contributed by atoms with Gasteiger partial charge in [-0.25, -0.2) is 0 Å². The quantitative estimate of drug-likeness (QED) is 0.0663. The van der Waals surface area contributed by atoms with Crippen molar-refractivity contribution in [3.8, 4) is 69.6 Å². The molecular weight excluding hydrogens is 685 g/mol. The molecule has 0 unspecified atom stereocenters. The van der Waals surface area contributed by atoms with E-state index in [1.165, 1.54) is 51.4 Å². The first-order chi connectivity index (χ1) is 27.6. The smallest absolute Gasteiger partial charge is 0.136 e. The third-order valence-corrected chi connectivity index (χ3v) is 9.74. The van der Waals surface area contributed by atoms with Crippen LogP contribution in [-0.2, 0) is 0 Å². The third-order valence-electron chi connectivity index (χ3n) is 9.74. The highest BCUT2D eigenvalue weighted by molar-refractivity contribution is 5.67. The van der Waals surface area contributed by atoms with Crippen molar-refractivity contribution in [1.82, 2.24) is 0 Å². The molecule has 56 heavy (non-hydrogen) atoms. The van der Waals surface area contributed by atoms with Gasteiger partial charge < -0.3 is 9.47 Å². The van der Waals surface area contributed by atoms with Crippen molar-refractivity contribution in [3.05, 3.63) is 143 Å². The fraction of sp³-hybridized carbons (Fsp3) is 0.308. The van der Waals surface area contributed by atoms with Crippen LogP contribution in [0.5, 0.6) is 11.5 Å². The van der Waals surface area contributed by atoms with Gasteiger partial charge in [0, 0.05) is 23.3 Å². The minimum atomic E-state index is 0.613. The van der Waals surface area contributed by atoms with E-state index in [1.807, 2.05) is 84.9 Å². The molecular formula is C52H52N2O2. The number of benzene rings is 5. The molecule has 4 heteroatoms. The molecule has 5 aromatic carbocycles. The van der Waals surface area contributed by atoms with Crippen molar-refractivity contribution in [2.24, 2.45) is 0 Å². The average Bonchev–Trinajstić information content (AvgIpc) is 3.25. The number of hydrogen-bond donors (Lipinski definition) is 0. The standard InChI is InChI=1S/C52H52N2O2/c1-3-5-7-9-11-13-35-55-51-37-50(34-20-42-17-27-46(28-18-42)48-31-23-44(40-54)24-32-48)52(56-36-14-12-10-8-6-4-2)38-49(51)33-19-41-15-25-45(26-16-41)47-29-21-43(39-53)22-30-47/h15-18,21-32,37-38H,3-14,35-36H2,1-2H3. The van der Waals surface area contributed by atoms with E-state index in [4.69, 9.17) is 20.0 Å². The molecule has 0 spiro atoms. The molecule has 0 aliphatic rings. The predicted octanol–water partition coefficient (Wildman–Crippen LogP) is 13.0. The lowest BCUT2D eigenvalue weighted by molar-refractivity contribution is 0.295. The Labute approximate surface area is 335 Å². The molecule has 0 saturated carbocycles. The van der Waals surface area contributed by atoms with E-state index in [-0.39, 0.29) is 0 Å². The van der Waals surface area contributed by atoms with Crippen LogP contribution in [0.4, 0.5) is 0 Å². The first-order valence-corrected chi connectivity index (χ1v) is 20.3. The molecule has 5 rings (SSSR count). The van der Waals surface area contributed by atoms with Gasteiger partial charge in [-0.2, -0.15) is 10.5 Å². The van der Waals surface area contributed by atoms with E-state index in [0.29, 0.717) is 35.8 Å². The molecule has 5 aromatic rings. The SMILES string of the molecule is CCCCCCCCOc1cc(C#Cc2ccc(-c3ccc(C#N)cc3)cc2)c(OCCCCCCCC)cc1C#Cc1ccc(-c2ccc(C#N)cc2)cc1. The maximum Gasteiger partial charge on any atom is 0.136 e. The lowest BCUT2D eigenvalue weighted by Gasteiger charge is -2.14. The van der Waals surface area contributed by atoms with Gasteiger partial charge in [0.25, 0.3) is 0 Å². The molecule has 0 fully saturated rings. The zero-order chi connectivity index (χ0) is 39.2. The molecule has 0 heterocycles. The van der Waals surface area contributed by atoms with Crippen LogP contribution in [0.2, 0.25) is 0 Å². The normalized spacial score (nSPS) is 10.3. The summed E-state index contributed by atoms with van der Waals surface area (Å²) in [7, 11) is 0. The van der Waals surface area contributed by atoms with Crippen LogP contribution in [0.15, 0.2) is 109 Å². The molecule has 0 amide bonds. The van der Waals surface area contributed by atoms with Gasteiger partial charge in [-0.1, -0.05) is 150 Å². The molecule has 0 aliphatic heterocycles. The second kappa shape index (κ2) is 22.9. The highest BCUT2D eigenvalue weighted by Crippen LogP contribution is 2.30. The van der Waals surface area contributed by atoms with Crippen LogP contribution in [0, 0.1) is 46.3 Å². The van der Waals surface area contributed by atoms with E-state index in [2.05, 4.69) is 73.9 Å². The topological polar surface area (TPSA) is 66.0 Å². The molecule has 0 aliphatic carbocycles. The zero-order valence-electron chi connectivity index (χ0n) is 33.0. The first kappa shape index (κ1) is 41.0. The average molecular weight is 737 g/mol. The third kappa shape index (κ3) is 13.0. The second-order valence-electron chi connectivity index (χ2n) is 14.1. The maximum absolute atomic E-state index is 9.16. The van der Waals surface area contributed by atoms with Crippen LogP contribution in [0.1, 0.15) is 124 Å². The van der Waals surface area contributed by atoms with Gasteiger partial charge in [-0.05, 0) is 83.6 Å². The summed E-state index contributed by atoms with van der Waals surface area (Å²) in [6.45, 7) is 5.70. The highest BCUT2D eigenvalue weighted by Gasteiger charge is 2.12. The van der Waals surface area contributed by atoms with Gasteiger partial charge in [0.2, 0.25) is 0 Å². The van der Waals surface area contributed by atoms with Gasteiger partial charge >= 0.3 is 0 Å². The monoisotopic (exact) mass is 736 g/mol. The van der Waals surface area contributed by atoms with Crippen LogP contribution in [-0.4, -0.2) is 13.2 Å². The zero-order valence-corrected chi connectivity index (χ0v) is 33.0. The van der Waals surface area contributed by atoms with Crippen LogP contribution in [0.25, 0.3) is 22.3 Å². The number of rotatable bonds is 18. The van der Waals surface area contributed by atoms with Crippen LogP contribution >= 0.6 is 0 Å². The maximum atomic E-state index is 9.16. The number of unbranched alkanes of at least 4 members (excludes halogenated alkanes) is 10. The molecule has 0 radical (unpaired) electrons. The van der Waals surface area contributed by atoms with E-state index in [1.54, 1.807) is 0 Å². The molecule has 0 bridgehead atoms. The fourth-order valence-corrected chi connectivity index (χ4v) is 6.37. The van der Waals surface area contributed by atoms with Gasteiger partial charge in [0.15, 0.2) is 0 Å². The molecule has 0 atom stereocenters. The van der Waals surface area contributed by atoms with Crippen molar-refractivity contribution < 1.29 is 9.47 Å². The van der Waals surface area contributed by atoms with Gasteiger partial charge in [0.1, 0.15) is 11.5 Å². The van der Waals surface area contributed by atoms with Crippen molar-refractivity contribution in [1.29, 1.82) is 10.5 Å². The van der Waals surface area contributed by atoms with E-state index in [9.17, 15) is 0 Å². The van der Waals surface area contributed by atoms with E-state index >= 15 is 0 Å². The Bertz CT molecular complexity index is 2020. The molecule has 0 saturated heterocycles. The number of nitriles is 2. The molecule has 0 aromatic heterocycles. The lowest BCUT2D eigenvalue weighted by Crippen LogP contribution is -2.03. The fourth-order valence-electron chi connectivity index (χ4n) is 6.37. The predicted molar refractivity (Wildman–Crippen MR) is 229 cm³/mol. The van der Waals surface area contributed by atoms with Gasteiger partial charge in [0.05, 0.1) is 47.6 Å². The van der Waals surface area contributed by atoms with Crippen molar-refractivity contribution in [2.75, 3.05) is 13.2 Å². The number of hydrogen-bond acceptors (Lipinski definition) is 4. The summed E-state index contributed by atoms with van der Waals surface area (Å²) >= 11 is 0. The van der Waals surface area contributed by atoms with Crippen molar-refractivity contribution in [2.45, 2.75) is 90.9 Å². The Balaban J connectivity index is 1.42. The van der Waals surface area contributed by atoms with Crippen LogP contribution in [0.3, 0.4) is 0 Å². The molecule has 4 nitrogen and oxygen atoms in total. The second-order valence-corrected chi connectivity index (χ2v) is 14.1. The summed E-state index contributed by atoms with van der Waals surface area (Å²) < 4.78 is 12.9. The molecule has 0 N–H and O–H groups in total. The highest BCUT2D eigenvalue weighted by atomic mass is 16.5. The summed E-state index contributed by atoms with van der Waals surface area (Å²) in [5.41, 5.74) is 8.89. The van der Waals surface area contributed by atoms with E-state index < -0.39 is 0 Å². The van der Waals surface area contributed by atoms with Crippen molar-refractivity contribution in [3.63, 3.8) is 0 Å². The summed E-state index contributed by atoms with van der Waals surface area (Å²) in [6.07, 6.45) is 14.2. The Hall–Kier alpha value is -6.20. The van der Waals surface area contributed by atoms with E-state index in [0.717, 1.165) is 70.2 Å². The van der Waals surface area contributed by atoms with Gasteiger partial charge in [-0.15, -0.1) is 0 Å². The Morgan fingerprint density at radius 1 is 0.375 bits per heavy atom. The summed E-state index contributed by atoms with van der Waals surface area (Å²) in [5, 5.41) is 18.3. The van der Waals surface area contributed by atoms with Gasteiger partial charge in [-0.3, -0.25) is 0 Å².